The molecule has 3 aromatic rings. The van der Waals surface area contributed by atoms with Crippen molar-refractivity contribution in [2.45, 2.75) is 5.16 Å². The molecule has 1 amide bonds. The van der Waals surface area contributed by atoms with Gasteiger partial charge in [-0.15, -0.1) is 0 Å². The minimum atomic E-state index is 0.0364. The Morgan fingerprint density at radius 1 is 1.04 bits per heavy atom. The Hall–Kier alpha value is -2.60. The first-order valence-electron chi connectivity index (χ1n) is 7.55. The Labute approximate surface area is 145 Å². The van der Waals surface area contributed by atoms with Crippen LogP contribution in [0.5, 0.6) is 0 Å². The fraction of sp³-hybridized carbons (Fsp3) is 0.167. The molecule has 6 heteroatoms. The van der Waals surface area contributed by atoms with E-state index in [0.717, 1.165) is 22.4 Å². The lowest BCUT2D eigenvalue weighted by Crippen LogP contribution is -2.23. The van der Waals surface area contributed by atoms with Gasteiger partial charge in [-0.1, -0.05) is 42.1 Å². The van der Waals surface area contributed by atoms with E-state index in [9.17, 15) is 4.79 Å². The first kappa shape index (κ1) is 16.3. The van der Waals surface area contributed by atoms with Crippen LogP contribution < -0.4 is 5.32 Å². The highest BCUT2D eigenvalue weighted by Crippen LogP contribution is 2.26. The third-order valence-electron chi connectivity index (χ3n) is 3.44. The van der Waals surface area contributed by atoms with Crippen molar-refractivity contribution >= 4 is 40.1 Å². The van der Waals surface area contributed by atoms with Crippen LogP contribution in [-0.4, -0.2) is 40.6 Å². The Morgan fingerprint density at radius 3 is 2.50 bits per heavy atom. The van der Waals surface area contributed by atoms with Gasteiger partial charge < -0.3 is 10.2 Å². The predicted octanol–water partition coefficient (Wildman–Crippen LogP) is 3.55. The second kappa shape index (κ2) is 7.31. The fourth-order valence-corrected chi connectivity index (χ4v) is 2.96. The second-order valence-electron chi connectivity index (χ2n) is 5.44. The summed E-state index contributed by atoms with van der Waals surface area (Å²) in [6.45, 7) is 0. The molecule has 0 saturated heterocycles. The van der Waals surface area contributed by atoms with Gasteiger partial charge in [-0.25, -0.2) is 9.97 Å². The van der Waals surface area contributed by atoms with Gasteiger partial charge >= 0.3 is 0 Å². The molecule has 1 N–H and O–H groups in total. The van der Waals surface area contributed by atoms with Crippen molar-refractivity contribution in [3.8, 4) is 0 Å². The SMILES string of the molecule is CN(C)C(=O)CSc1nc(Nc2ccccc2)c2ccccc2n1. The van der Waals surface area contributed by atoms with E-state index in [0.29, 0.717) is 10.9 Å². The topological polar surface area (TPSA) is 58.1 Å². The van der Waals surface area contributed by atoms with Crippen LogP contribution in [0.15, 0.2) is 59.8 Å². The summed E-state index contributed by atoms with van der Waals surface area (Å²) in [7, 11) is 3.49. The van der Waals surface area contributed by atoms with Crippen LogP contribution in [0.25, 0.3) is 10.9 Å². The van der Waals surface area contributed by atoms with Gasteiger partial charge in [0.25, 0.3) is 0 Å². The van der Waals surface area contributed by atoms with Crippen LogP contribution in [0.2, 0.25) is 0 Å². The number of rotatable bonds is 5. The summed E-state index contributed by atoms with van der Waals surface area (Å²) in [6, 6.07) is 17.7. The van der Waals surface area contributed by atoms with Crippen molar-refractivity contribution in [2.75, 3.05) is 25.2 Å². The molecule has 0 unspecified atom stereocenters. The highest BCUT2D eigenvalue weighted by atomic mass is 32.2. The van der Waals surface area contributed by atoms with Gasteiger partial charge in [0, 0.05) is 25.2 Å². The van der Waals surface area contributed by atoms with E-state index in [4.69, 9.17) is 0 Å². The first-order valence-corrected chi connectivity index (χ1v) is 8.54. The molecule has 24 heavy (non-hydrogen) atoms. The van der Waals surface area contributed by atoms with Crippen molar-refractivity contribution < 1.29 is 4.79 Å². The minimum absolute atomic E-state index is 0.0364. The van der Waals surface area contributed by atoms with Crippen molar-refractivity contribution in [1.82, 2.24) is 14.9 Å². The number of nitrogens with one attached hydrogen (secondary N) is 1. The largest absolute Gasteiger partial charge is 0.348 e. The molecule has 122 valence electrons. The van der Waals surface area contributed by atoms with Crippen LogP contribution in [0.1, 0.15) is 0 Å². The molecule has 0 atom stereocenters. The Kier molecular flexibility index (Phi) is 4.96. The molecule has 1 aromatic heterocycles. The normalized spacial score (nSPS) is 10.6. The van der Waals surface area contributed by atoms with Crippen LogP contribution in [-0.2, 0) is 4.79 Å². The zero-order valence-corrected chi connectivity index (χ0v) is 14.4. The van der Waals surface area contributed by atoms with Crippen LogP contribution >= 0.6 is 11.8 Å². The number of para-hydroxylation sites is 2. The third kappa shape index (κ3) is 3.83. The molecular weight excluding hydrogens is 320 g/mol. The summed E-state index contributed by atoms with van der Waals surface area (Å²) in [4.78, 5) is 22.5. The summed E-state index contributed by atoms with van der Waals surface area (Å²) in [5.41, 5.74) is 1.81. The highest BCUT2D eigenvalue weighted by molar-refractivity contribution is 7.99. The number of hydrogen-bond acceptors (Lipinski definition) is 5. The molecule has 0 spiro atoms. The van der Waals surface area contributed by atoms with Gasteiger partial charge in [0.15, 0.2) is 5.16 Å². The van der Waals surface area contributed by atoms with Gasteiger partial charge in [-0.2, -0.15) is 0 Å². The molecule has 0 saturated carbocycles. The number of aromatic nitrogens is 2. The fourth-order valence-electron chi connectivity index (χ4n) is 2.13. The van der Waals surface area contributed by atoms with Gasteiger partial charge in [-0.05, 0) is 24.3 Å². The lowest BCUT2D eigenvalue weighted by Gasteiger charge is -2.12. The molecule has 2 aromatic carbocycles. The number of carbonyl (C=O) groups excluding carboxylic acids is 1. The minimum Gasteiger partial charge on any atom is -0.348 e. The van der Waals surface area contributed by atoms with Crippen LogP contribution in [0, 0.1) is 0 Å². The monoisotopic (exact) mass is 338 g/mol. The summed E-state index contributed by atoms with van der Waals surface area (Å²) >= 11 is 1.34. The first-order chi connectivity index (χ1) is 11.6. The zero-order chi connectivity index (χ0) is 16.9. The molecular formula is C18H18N4OS. The summed E-state index contributed by atoms with van der Waals surface area (Å²) in [6.07, 6.45) is 0. The molecule has 1 heterocycles. The van der Waals surface area contributed by atoms with Gasteiger partial charge in [-0.3, -0.25) is 4.79 Å². The maximum Gasteiger partial charge on any atom is 0.232 e. The van der Waals surface area contributed by atoms with E-state index in [1.165, 1.54) is 11.8 Å². The van der Waals surface area contributed by atoms with Crippen molar-refractivity contribution in [3.63, 3.8) is 0 Å². The highest BCUT2D eigenvalue weighted by Gasteiger charge is 2.11. The predicted molar refractivity (Wildman–Crippen MR) is 98.7 cm³/mol. The number of hydrogen-bond donors (Lipinski definition) is 1. The number of nitrogens with zero attached hydrogens (tertiary/aromatic N) is 3. The molecule has 3 rings (SSSR count). The maximum absolute atomic E-state index is 11.8. The third-order valence-corrected chi connectivity index (χ3v) is 4.27. The van der Waals surface area contributed by atoms with Crippen molar-refractivity contribution in [2.24, 2.45) is 0 Å². The van der Waals surface area contributed by atoms with E-state index in [2.05, 4.69) is 15.3 Å². The number of thioether (sulfide) groups is 1. The lowest BCUT2D eigenvalue weighted by atomic mass is 10.2. The molecule has 0 aliphatic heterocycles. The van der Waals surface area contributed by atoms with Crippen LogP contribution in [0.4, 0.5) is 11.5 Å². The summed E-state index contributed by atoms with van der Waals surface area (Å²) in [5, 5.41) is 4.87. The number of amides is 1. The number of anilines is 2. The van der Waals surface area contributed by atoms with E-state index in [1.807, 2.05) is 54.6 Å². The zero-order valence-electron chi connectivity index (χ0n) is 13.6. The average Bonchev–Trinajstić information content (AvgIpc) is 2.60. The standard InChI is InChI=1S/C18H18N4OS/c1-22(2)16(23)12-24-18-20-15-11-7-6-10-14(15)17(21-18)19-13-8-4-3-5-9-13/h3-11H,12H2,1-2H3,(H,19,20,21). The Morgan fingerprint density at radius 2 is 1.75 bits per heavy atom. The molecule has 0 radical (unpaired) electrons. The number of benzene rings is 2. The molecule has 5 nitrogen and oxygen atoms in total. The Balaban J connectivity index is 1.92. The maximum atomic E-state index is 11.8. The number of carbonyl (C=O) groups is 1. The lowest BCUT2D eigenvalue weighted by molar-refractivity contribution is -0.125. The smallest absolute Gasteiger partial charge is 0.232 e. The Bertz CT molecular complexity index is 852. The van der Waals surface area contributed by atoms with Crippen LogP contribution in [0.3, 0.4) is 0 Å². The molecule has 0 aliphatic carbocycles. The van der Waals surface area contributed by atoms with Crippen molar-refractivity contribution in [3.05, 3.63) is 54.6 Å². The number of fused-ring (bicyclic) bond motifs is 1. The van der Waals surface area contributed by atoms with Gasteiger partial charge in [0.1, 0.15) is 5.82 Å². The van der Waals surface area contributed by atoms with E-state index < -0.39 is 0 Å². The molecule has 0 aliphatic rings. The summed E-state index contributed by atoms with van der Waals surface area (Å²) in [5.74, 6) is 1.09. The molecule has 0 bridgehead atoms. The van der Waals surface area contributed by atoms with Crippen molar-refractivity contribution in [1.29, 1.82) is 0 Å². The molecule has 0 fully saturated rings. The quantitative estimate of drug-likeness (QED) is 0.569. The van der Waals surface area contributed by atoms with Gasteiger partial charge in [0.05, 0.1) is 11.3 Å². The van der Waals surface area contributed by atoms with E-state index in [-0.39, 0.29) is 5.91 Å². The summed E-state index contributed by atoms with van der Waals surface area (Å²) < 4.78 is 0. The van der Waals surface area contributed by atoms with E-state index >= 15 is 0 Å². The second-order valence-corrected chi connectivity index (χ2v) is 6.38. The van der Waals surface area contributed by atoms with E-state index in [1.54, 1.807) is 19.0 Å². The van der Waals surface area contributed by atoms with Gasteiger partial charge in [0.2, 0.25) is 5.91 Å². The average molecular weight is 338 g/mol.